The van der Waals surface area contributed by atoms with Crippen molar-refractivity contribution < 1.29 is 9.21 Å². The van der Waals surface area contributed by atoms with E-state index in [1.54, 1.807) is 6.07 Å². The number of hydrogen-bond acceptors (Lipinski definition) is 3. The Bertz CT molecular complexity index is 683. The summed E-state index contributed by atoms with van der Waals surface area (Å²) in [4.78, 5) is 12.1. The summed E-state index contributed by atoms with van der Waals surface area (Å²) < 4.78 is 5.56. The van der Waals surface area contributed by atoms with E-state index >= 15 is 0 Å². The zero-order valence-electron chi connectivity index (χ0n) is 11.0. The summed E-state index contributed by atoms with van der Waals surface area (Å²) in [7, 11) is 0. The van der Waals surface area contributed by atoms with Crippen LogP contribution in [-0.2, 0) is 0 Å². The van der Waals surface area contributed by atoms with Gasteiger partial charge in [0, 0.05) is 24.0 Å². The van der Waals surface area contributed by atoms with Gasteiger partial charge in [0.2, 0.25) is 0 Å². The van der Waals surface area contributed by atoms with Crippen molar-refractivity contribution in [2.75, 3.05) is 11.9 Å². The van der Waals surface area contributed by atoms with Crippen LogP contribution in [-0.4, -0.2) is 12.3 Å². The van der Waals surface area contributed by atoms with E-state index in [0.29, 0.717) is 18.7 Å². The van der Waals surface area contributed by atoms with Crippen molar-refractivity contribution >= 4 is 22.4 Å². The van der Waals surface area contributed by atoms with Crippen LogP contribution in [0.25, 0.3) is 11.0 Å². The monoisotopic (exact) mass is 265 g/mol. The molecule has 0 aliphatic heterocycles. The van der Waals surface area contributed by atoms with Gasteiger partial charge in [-0.05, 0) is 24.3 Å². The van der Waals surface area contributed by atoms with E-state index in [4.69, 9.17) is 4.42 Å². The molecule has 0 unspecified atom stereocenters. The highest BCUT2D eigenvalue weighted by Gasteiger charge is 2.11. The van der Waals surface area contributed by atoms with Crippen LogP contribution in [0.2, 0.25) is 0 Å². The lowest BCUT2D eigenvalue weighted by Crippen LogP contribution is -2.08. The number of ketones is 1. The summed E-state index contributed by atoms with van der Waals surface area (Å²) in [5.41, 5.74) is 1.77. The maximum absolute atomic E-state index is 12.1. The molecule has 1 heterocycles. The number of fused-ring (bicyclic) bond motifs is 1. The highest BCUT2D eigenvalue weighted by Crippen LogP contribution is 2.19. The molecule has 3 heteroatoms. The Morgan fingerprint density at radius 1 is 1.00 bits per heavy atom. The van der Waals surface area contributed by atoms with Gasteiger partial charge in [-0.25, -0.2) is 0 Å². The first-order chi connectivity index (χ1) is 9.83. The zero-order valence-corrected chi connectivity index (χ0v) is 11.0. The molecule has 0 spiro atoms. The van der Waals surface area contributed by atoms with Gasteiger partial charge in [0.25, 0.3) is 0 Å². The average molecular weight is 265 g/mol. The quantitative estimate of drug-likeness (QED) is 0.706. The maximum atomic E-state index is 12.1. The molecule has 100 valence electrons. The molecule has 0 amide bonds. The van der Waals surface area contributed by atoms with Gasteiger partial charge in [-0.1, -0.05) is 36.4 Å². The first-order valence-electron chi connectivity index (χ1n) is 6.63. The summed E-state index contributed by atoms with van der Waals surface area (Å²) in [6.07, 6.45) is 0.411. The van der Waals surface area contributed by atoms with Gasteiger partial charge in [0.15, 0.2) is 11.5 Å². The van der Waals surface area contributed by atoms with Crippen molar-refractivity contribution in [3.63, 3.8) is 0 Å². The highest BCUT2D eigenvalue weighted by atomic mass is 16.3. The van der Waals surface area contributed by atoms with Crippen LogP contribution in [0.1, 0.15) is 17.0 Å². The van der Waals surface area contributed by atoms with E-state index in [2.05, 4.69) is 5.32 Å². The first kappa shape index (κ1) is 12.5. The van der Waals surface area contributed by atoms with Crippen molar-refractivity contribution in [3.8, 4) is 0 Å². The van der Waals surface area contributed by atoms with Crippen molar-refractivity contribution in [1.82, 2.24) is 0 Å². The number of rotatable bonds is 5. The predicted molar refractivity (Wildman–Crippen MR) is 80.1 cm³/mol. The molecule has 1 aromatic heterocycles. The number of anilines is 1. The van der Waals surface area contributed by atoms with Crippen LogP contribution in [0.4, 0.5) is 5.69 Å². The Kier molecular flexibility index (Phi) is 3.50. The van der Waals surface area contributed by atoms with Crippen LogP contribution in [0.15, 0.2) is 65.1 Å². The highest BCUT2D eigenvalue weighted by molar-refractivity contribution is 5.97. The number of furan rings is 1. The summed E-state index contributed by atoms with van der Waals surface area (Å²) >= 11 is 0. The Morgan fingerprint density at radius 2 is 1.75 bits per heavy atom. The summed E-state index contributed by atoms with van der Waals surface area (Å²) in [6.45, 7) is 0.597. The lowest BCUT2D eigenvalue weighted by atomic mass is 10.2. The number of nitrogens with one attached hydrogen (secondary N) is 1. The second-order valence-corrected chi connectivity index (χ2v) is 4.61. The van der Waals surface area contributed by atoms with Crippen molar-refractivity contribution in [2.24, 2.45) is 0 Å². The van der Waals surface area contributed by atoms with E-state index < -0.39 is 0 Å². The van der Waals surface area contributed by atoms with Gasteiger partial charge >= 0.3 is 0 Å². The molecule has 0 atom stereocenters. The van der Waals surface area contributed by atoms with Crippen LogP contribution >= 0.6 is 0 Å². The molecule has 3 nitrogen and oxygen atoms in total. The molecule has 0 bridgehead atoms. The normalized spacial score (nSPS) is 10.6. The Morgan fingerprint density at radius 3 is 2.55 bits per heavy atom. The molecule has 0 aliphatic carbocycles. The lowest BCUT2D eigenvalue weighted by molar-refractivity contribution is 0.0962. The Labute approximate surface area is 117 Å². The minimum Gasteiger partial charge on any atom is -0.453 e. The summed E-state index contributed by atoms with van der Waals surface area (Å²) in [5.74, 6) is 0.450. The molecule has 3 rings (SSSR count). The van der Waals surface area contributed by atoms with Gasteiger partial charge in [-0.15, -0.1) is 0 Å². The average Bonchev–Trinajstić information content (AvgIpc) is 2.92. The number of hydrogen-bond donors (Lipinski definition) is 1. The molecule has 3 aromatic rings. The van der Waals surface area contributed by atoms with E-state index in [0.717, 1.165) is 16.7 Å². The van der Waals surface area contributed by atoms with Crippen LogP contribution in [0.3, 0.4) is 0 Å². The molecule has 1 N–H and O–H groups in total. The topological polar surface area (TPSA) is 42.2 Å². The largest absolute Gasteiger partial charge is 0.453 e. The van der Waals surface area contributed by atoms with Gasteiger partial charge in [0.1, 0.15) is 5.58 Å². The van der Waals surface area contributed by atoms with E-state index in [1.807, 2.05) is 54.6 Å². The Hall–Kier alpha value is -2.55. The molecule has 0 saturated carbocycles. The first-order valence-corrected chi connectivity index (χ1v) is 6.63. The molecule has 0 saturated heterocycles. The third-order valence-corrected chi connectivity index (χ3v) is 3.16. The fraction of sp³-hybridized carbons (Fsp3) is 0.118. The summed E-state index contributed by atoms with van der Waals surface area (Å²) in [6, 6.07) is 19.3. The van der Waals surface area contributed by atoms with Gasteiger partial charge < -0.3 is 9.73 Å². The van der Waals surface area contributed by atoms with Crippen LogP contribution in [0.5, 0.6) is 0 Å². The molecule has 0 radical (unpaired) electrons. The standard InChI is InChI=1S/C17H15NO2/c19-15(10-11-18-14-7-2-1-3-8-14)17-12-13-6-4-5-9-16(13)20-17/h1-9,12,18H,10-11H2. The number of carbonyl (C=O) groups excluding carboxylic acids is 1. The maximum Gasteiger partial charge on any atom is 0.199 e. The van der Waals surface area contributed by atoms with E-state index in [-0.39, 0.29) is 5.78 Å². The molecular weight excluding hydrogens is 250 g/mol. The van der Waals surface area contributed by atoms with Gasteiger partial charge in [-0.2, -0.15) is 0 Å². The smallest absolute Gasteiger partial charge is 0.199 e. The third kappa shape index (κ3) is 2.72. The number of para-hydroxylation sites is 2. The fourth-order valence-corrected chi connectivity index (χ4v) is 2.12. The van der Waals surface area contributed by atoms with E-state index in [9.17, 15) is 4.79 Å². The fourth-order valence-electron chi connectivity index (χ4n) is 2.12. The molecule has 20 heavy (non-hydrogen) atoms. The minimum atomic E-state index is 0.0182. The number of Topliss-reactive ketones (excluding diaryl/α,β-unsaturated/α-hetero) is 1. The molecular formula is C17H15NO2. The lowest BCUT2D eigenvalue weighted by Gasteiger charge is -2.04. The summed E-state index contributed by atoms with van der Waals surface area (Å²) in [5, 5.41) is 4.18. The minimum absolute atomic E-state index is 0.0182. The van der Waals surface area contributed by atoms with Gasteiger partial charge in [-0.3, -0.25) is 4.79 Å². The van der Waals surface area contributed by atoms with Crippen molar-refractivity contribution in [3.05, 3.63) is 66.4 Å². The second kappa shape index (κ2) is 5.61. The molecule has 0 aliphatic rings. The third-order valence-electron chi connectivity index (χ3n) is 3.16. The van der Waals surface area contributed by atoms with Crippen molar-refractivity contribution in [1.29, 1.82) is 0 Å². The predicted octanol–water partition coefficient (Wildman–Crippen LogP) is 4.12. The number of carbonyl (C=O) groups is 1. The van der Waals surface area contributed by atoms with Gasteiger partial charge in [0.05, 0.1) is 0 Å². The SMILES string of the molecule is O=C(CCNc1ccccc1)c1cc2ccccc2o1. The van der Waals surface area contributed by atoms with Crippen LogP contribution < -0.4 is 5.32 Å². The molecule has 2 aromatic carbocycles. The zero-order chi connectivity index (χ0) is 13.8. The number of benzene rings is 2. The van der Waals surface area contributed by atoms with Crippen LogP contribution in [0, 0.1) is 0 Å². The molecule has 0 fully saturated rings. The Balaban J connectivity index is 1.61. The van der Waals surface area contributed by atoms with Crippen molar-refractivity contribution in [2.45, 2.75) is 6.42 Å². The van der Waals surface area contributed by atoms with E-state index in [1.165, 1.54) is 0 Å². The second-order valence-electron chi connectivity index (χ2n) is 4.61.